The molecular formula is C14H17Cl2NO2. The molecule has 19 heavy (non-hydrogen) atoms. The van der Waals surface area contributed by atoms with Gasteiger partial charge >= 0.3 is 5.97 Å². The number of aliphatic carboxylic acids is 1. The Labute approximate surface area is 123 Å². The summed E-state index contributed by atoms with van der Waals surface area (Å²) in [7, 11) is 0. The van der Waals surface area contributed by atoms with Crippen molar-refractivity contribution >= 4 is 29.2 Å². The molecule has 1 heterocycles. The highest BCUT2D eigenvalue weighted by atomic mass is 35.5. The monoisotopic (exact) mass is 301 g/mol. The summed E-state index contributed by atoms with van der Waals surface area (Å²) in [6, 6.07) is 5.02. The molecule has 0 amide bonds. The minimum Gasteiger partial charge on any atom is -0.480 e. The molecule has 1 N–H and O–H groups in total. The Balaban J connectivity index is 2.28. The van der Waals surface area contributed by atoms with Crippen molar-refractivity contribution in [3.05, 3.63) is 33.8 Å². The summed E-state index contributed by atoms with van der Waals surface area (Å²) in [4.78, 5) is 13.4. The molecule has 0 aliphatic carbocycles. The van der Waals surface area contributed by atoms with Crippen LogP contribution in [0.4, 0.5) is 0 Å². The number of likely N-dealkylation sites (tertiary alicyclic amines) is 1. The lowest BCUT2D eigenvalue weighted by Crippen LogP contribution is -2.45. The first-order valence-corrected chi connectivity index (χ1v) is 7.20. The zero-order valence-corrected chi connectivity index (χ0v) is 12.3. The Morgan fingerprint density at radius 2 is 2.16 bits per heavy atom. The van der Waals surface area contributed by atoms with Crippen molar-refractivity contribution in [2.45, 2.75) is 38.3 Å². The smallest absolute Gasteiger partial charge is 0.320 e. The van der Waals surface area contributed by atoms with Crippen LogP contribution in [0.3, 0.4) is 0 Å². The van der Waals surface area contributed by atoms with E-state index in [-0.39, 0.29) is 6.04 Å². The van der Waals surface area contributed by atoms with Gasteiger partial charge in [0, 0.05) is 6.04 Å². The Morgan fingerprint density at radius 3 is 2.84 bits per heavy atom. The fourth-order valence-corrected chi connectivity index (χ4v) is 3.17. The molecule has 0 radical (unpaired) electrons. The zero-order valence-electron chi connectivity index (χ0n) is 10.8. The van der Waals surface area contributed by atoms with E-state index in [0.29, 0.717) is 16.5 Å². The summed E-state index contributed by atoms with van der Waals surface area (Å²) in [5, 5.41) is 10.4. The molecule has 1 aliphatic heterocycles. The first-order valence-electron chi connectivity index (χ1n) is 6.45. The number of halogens is 2. The number of piperidine rings is 1. The molecule has 5 heteroatoms. The Morgan fingerprint density at radius 1 is 1.42 bits per heavy atom. The second-order valence-corrected chi connectivity index (χ2v) is 5.69. The normalized spacial score (nSPS) is 22.2. The Kier molecular flexibility index (Phi) is 4.71. The van der Waals surface area contributed by atoms with Crippen molar-refractivity contribution in [1.29, 1.82) is 0 Å². The average molecular weight is 302 g/mol. The first kappa shape index (κ1) is 14.6. The van der Waals surface area contributed by atoms with Gasteiger partial charge < -0.3 is 5.11 Å². The maximum absolute atomic E-state index is 11.4. The van der Waals surface area contributed by atoms with Crippen LogP contribution in [0.25, 0.3) is 0 Å². The maximum Gasteiger partial charge on any atom is 0.320 e. The molecule has 1 aromatic rings. The van der Waals surface area contributed by atoms with Crippen molar-refractivity contribution < 1.29 is 9.90 Å². The van der Waals surface area contributed by atoms with E-state index in [4.69, 9.17) is 23.2 Å². The molecule has 2 rings (SSSR count). The van der Waals surface area contributed by atoms with Gasteiger partial charge in [-0.3, -0.25) is 9.69 Å². The van der Waals surface area contributed by atoms with Crippen molar-refractivity contribution in [3.8, 4) is 0 Å². The average Bonchev–Trinajstić information content (AvgIpc) is 2.41. The van der Waals surface area contributed by atoms with Gasteiger partial charge in [0.15, 0.2) is 0 Å². The number of benzene rings is 1. The minimum atomic E-state index is -0.760. The van der Waals surface area contributed by atoms with Crippen LogP contribution in [0.1, 0.15) is 37.8 Å². The summed E-state index contributed by atoms with van der Waals surface area (Å²) in [6.07, 6.45) is 2.67. The van der Waals surface area contributed by atoms with Crippen LogP contribution >= 0.6 is 23.2 Å². The molecule has 0 saturated carbocycles. The highest BCUT2D eigenvalue weighted by molar-refractivity contribution is 6.42. The molecule has 0 aromatic heterocycles. The predicted octanol–water partition coefficient (Wildman–Crippen LogP) is 3.99. The van der Waals surface area contributed by atoms with Gasteiger partial charge in [-0.15, -0.1) is 0 Å². The highest BCUT2D eigenvalue weighted by Gasteiger charge is 2.32. The van der Waals surface area contributed by atoms with Crippen LogP contribution < -0.4 is 0 Å². The number of nitrogens with zero attached hydrogens (tertiary/aromatic N) is 1. The summed E-state index contributed by atoms with van der Waals surface area (Å²) in [6.45, 7) is 2.76. The SMILES string of the molecule is CC(c1cccc(Cl)c1Cl)N1CCCCC1C(=O)O. The van der Waals surface area contributed by atoms with Crippen LogP contribution in [0.15, 0.2) is 18.2 Å². The van der Waals surface area contributed by atoms with Gasteiger partial charge in [0.25, 0.3) is 0 Å². The van der Waals surface area contributed by atoms with E-state index in [1.807, 2.05) is 24.0 Å². The quantitative estimate of drug-likeness (QED) is 0.917. The molecule has 0 spiro atoms. The molecule has 0 bridgehead atoms. The maximum atomic E-state index is 11.4. The third-order valence-corrected chi connectivity index (χ3v) is 4.59. The van der Waals surface area contributed by atoms with Gasteiger partial charge in [0.1, 0.15) is 6.04 Å². The van der Waals surface area contributed by atoms with Gasteiger partial charge in [-0.25, -0.2) is 0 Å². The molecule has 2 unspecified atom stereocenters. The van der Waals surface area contributed by atoms with E-state index >= 15 is 0 Å². The molecule has 1 aromatic carbocycles. The number of hydrogen-bond acceptors (Lipinski definition) is 2. The lowest BCUT2D eigenvalue weighted by molar-refractivity contribution is -0.145. The van der Waals surface area contributed by atoms with E-state index in [1.54, 1.807) is 6.07 Å². The third kappa shape index (κ3) is 3.04. The Hall–Kier alpha value is -0.770. The van der Waals surface area contributed by atoms with Crippen LogP contribution in [0.2, 0.25) is 10.0 Å². The van der Waals surface area contributed by atoms with Crippen molar-refractivity contribution in [3.63, 3.8) is 0 Å². The molecular weight excluding hydrogens is 285 g/mol. The second kappa shape index (κ2) is 6.12. The summed E-state index contributed by atoms with van der Waals surface area (Å²) in [5.74, 6) is -0.760. The summed E-state index contributed by atoms with van der Waals surface area (Å²) >= 11 is 12.3. The van der Waals surface area contributed by atoms with E-state index in [9.17, 15) is 9.90 Å². The van der Waals surface area contributed by atoms with Crippen molar-refractivity contribution in [2.75, 3.05) is 6.54 Å². The van der Waals surface area contributed by atoms with Gasteiger partial charge in [-0.05, 0) is 37.9 Å². The second-order valence-electron chi connectivity index (χ2n) is 4.91. The van der Waals surface area contributed by atoms with Crippen LogP contribution in [0.5, 0.6) is 0 Å². The minimum absolute atomic E-state index is 0.0485. The van der Waals surface area contributed by atoms with Crippen molar-refractivity contribution in [2.24, 2.45) is 0 Å². The molecule has 1 fully saturated rings. The van der Waals surface area contributed by atoms with E-state index in [1.165, 1.54) is 0 Å². The van der Waals surface area contributed by atoms with E-state index < -0.39 is 12.0 Å². The number of carboxylic acids is 1. The number of carbonyl (C=O) groups is 1. The van der Waals surface area contributed by atoms with Gasteiger partial charge in [-0.1, -0.05) is 41.8 Å². The largest absolute Gasteiger partial charge is 0.480 e. The fourth-order valence-electron chi connectivity index (χ4n) is 2.70. The number of carboxylic acid groups (broad SMARTS) is 1. The fraction of sp³-hybridized carbons (Fsp3) is 0.500. The van der Waals surface area contributed by atoms with E-state index in [0.717, 1.165) is 24.9 Å². The lowest BCUT2D eigenvalue weighted by Gasteiger charge is -2.38. The Bertz CT molecular complexity index is 479. The predicted molar refractivity (Wildman–Crippen MR) is 76.9 cm³/mol. The summed E-state index contributed by atoms with van der Waals surface area (Å²) < 4.78 is 0. The van der Waals surface area contributed by atoms with E-state index in [2.05, 4.69) is 0 Å². The van der Waals surface area contributed by atoms with Crippen molar-refractivity contribution in [1.82, 2.24) is 4.90 Å². The molecule has 2 atom stereocenters. The van der Waals surface area contributed by atoms with Crippen LogP contribution in [0, 0.1) is 0 Å². The van der Waals surface area contributed by atoms with Gasteiger partial charge in [0.05, 0.1) is 10.0 Å². The number of rotatable bonds is 3. The summed E-state index contributed by atoms with van der Waals surface area (Å²) in [5.41, 5.74) is 0.891. The van der Waals surface area contributed by atoms with Crippen LogP contribution in [-0.4, -0.2) is 28.6 Å². The third-order valence-electron chi connectivity index (χ3n) is 3.76. The topological polar surface area (TPSA) is 40.5 Å². The molecule has 104 valence electrons. The first-order chi connectivity index (χ1) is 9.02. The number of hydrogen-bond donors (Lipinski definition) is 1. The van der Waals surface area contributed by atoms with Crippen LogP contribution in [-0.2, 0) is 4.79 Å². The van der Waals surface area contributed by atoms with Gasteiger partial charge in [-0.2, -0.15) is 0 Å². The lowest BCUT2D eigenvalue weighted by atomic mass is 9.97. The molecule has 3 nitrogen and oxygen atoms in total. The zero-order chi connectivity index (χ0) is 14.0. The standard InChI is InChI=1S/C14H17Cl2NO2/c1-9(10-5-4-6-11(15)13(10)16)17-8-3-2-7-12(17)14(18)19/h4-6,9,12H,2-3,7-8H2,1H3,(H,18,19). The highest BCUT2D eigenvalue weighted by Crippen LogP contribution is 2.35. The van der Waals surface area contributed by atoms with Gasteiger partial charge in [0.2, 0.25) is 0 Å². The molecule has 1 aliphatic rings. The molecule has 1 saturated heterocycles.